The second kappa shape index (κ2) is 4.80. The van der Waals surface area contributed by atoms with Gasteiger partial charge in [-0.3, -0.25) is 0 Å². The first-order valence-electron chi connectivity index (χ1n) is 5.90. The molecule has 2 fully saturated rings. The standard InChI is InChI=1S/C10H20N2O2S/c13-15(14)9-2-1-7-12(15)8-5-10-4-3-6-11-10/h10-11H,1-9H2. The summed E-state index contributed by atoms with van der Waals surface area (Å²) in [4.78, 5) is 0. The molecule has 1 atom stereocenters. The molecule has 2 aliphatic heterocycles. The van der Waals surface area contributed by atoms with Gasteiger partial charge in [0.15, 0.2) is 0 Å². The fourth-order valence-electron chi connectivity index (χ4n) is 2.39. The summed E-state index contributed by atoms with van der Waals surface area (Å²) in [5, 5.41) is 3.40. The van der Waals surface area contributed by atoms with Gasteiger partial charge in [0.25, 0.3) is 0 Å². The lowest BCUT2D eigenvalue weighted by molar-refractivity contribution is 0.360. The second-order valence-electron chi connectivity index (χ2n) is 4.50. The van der Waals surface area contributed by atoms with Crippen LogP contribution in [0.1, 0.15) is 32.1 Å². The minimum Gasteiger partial charge on any atom is -0.314 e. The Balaban J connectivity index is 1.82. The van der Waals surface area contributed by atoms with Crippen molar-refractivity contribution in [3.05, 3.63) is 0 Å². The van der Waals surface area contributed by atoms with Crippen LogP contribution in [0, 0.1) is 0 Å². The Labute approximate surface area is 92.1 Å². The van der Waals surface area contributed by atoms with Crippen LogP contribution < -0.4 is 5.32 Å². The van der Waals surface area contributed by atoms with Gasteiger partial charge in [0, 0.05) is 19.1 Å². The summed E-state index contributed by atoms with van der Waals surface area (Å²) in [5.74, 6) is 0.352. The van der Waals surface area contributed by atoms with Gasteiger partial charge in [-0.2, -0.15) is 0 Å². The van der Waals surface area contributed by atoms with E-state index in [1.54, 1.807) is 4.31 Å². The van der Waals surface area contributed by atoms with Gasteiger partial charge in [-0.15, -0.1) is 0 Å². The number of hydrogen-bond acceptors (Lipinski definition) is 3. The van der Waals surface area contributed by atoms with Gasteiger partial charge >= 0.3 is 0 Å². The highest BCUT2D eigenvalue weighted by atomic mass is 32.2. The Bertz CT molecular complexity index is 297. The van der Waals surface area contributed by atoms with E-state index in [0.717, 1.165) is 32.4 Å². The molecular weight excluding hydrogens is 212 g/mol. The van der Waals surface area contributed by atoms with Crippen LogP contribution in [-0.4, -0.2) is 44.2 Å². The predicted octanol–water partition coefficient (Wildman–Crippen LogP) is 0.554. The summed E-state index contributed by atoms with van der Waals surface area (Å²) in [6, 6.07) is 0.544. The van der Waals surface area contributed by atoms with E-state index in [0.29, 0.717) is 18.3 Å². The zero-order valence-electron chi connectivity index (χ0n) is 9.11. The summed E-state index contributed by atoms with van der Waals surface area (Å²) in [7, 11) is -2.91. The van der Waals surface area contributed by atoms with Gasteiger partial charge in [-0.1, -0.05) is 0 Å². The number of sulfonamides is 1. The van der Waals surface area contributed by atoms with E-state index in [1.165, 1.54) is 12.8 Å². The van der Waals surface area contributed by atoms with E-state index >= 15 is 0 Å². The minimum absolute atomic E-state index is 0.352. The highest BCUT2D eigenvalue weighted by Gasteiger charge is 2.26. The van der Waals surface area contributed by atoms with Crippen molar-refractivity contribution in [1.82, 2.24) is 9.62 Å². The molecule has 88 valence electrons. The maximum atomic E-state index is 11.7. The average molecular weight is 232 g/mol. The number of hydrogen-bond donors (Lipinski definition) is 1. The van der Waals surface area contributed by atoms with Crippen LogP contribution in [0.4, 0.5) is 0 Å². The molecule has 2 saturated heterocycles. The quantitative estimate of drug-likeness (QED) is 0.773. The van der Waals surface area contributed by atoms with Crippen LogP contribution in [0.15, 0.2) is 0 Å². The molecule has 0 bridgehead atoms. The first kappa shape index (κ1) is 11.4. The molecule has 0 aromatic carbocycles. The minimum atomic E-state index is -2.91. The van der Waals surface area contributed by atoms with Gasteiger partial charge < -0.3 is 5.32 Å². The SMILES string of the molecule is O=S1(=O)CCCCN1CCC1CCCN1. The van der Waals surface area contributed by atoms with E-state index < -0.39 is 10.0 Å². The Morgan fingerprint density at radius 2 is 2.13 bits per heavy atom. The molecule has 0 saturated carbocycles. The molecule has 0 spiro atoms. The first-order chi connectivity index (χ1) is 7.18. The van der Waals surface area contributed by atoms with Gasteiger partial charge in [-0.25, -0.2) is 12.7 Å². The lowest BCUT2D eigenvalue weighted by Gasteiger charge is -2.27. The molecule has 0 aliphatic carbocycles. The van der Waals surface area contributed by atoms with Gasteiger partial charge in [0.1, 0.15) is 0 Å². The van der Waals surface area contributed by atoms with Crippen molar-refractivity contribution in [1.29, 1.82) is 0 Å². The molecule has 0 aromatic rings. The molecule has 4 nitrogen and oxygen atoms in total. The average Bonchev–Trinajstić information content (AvgIpc) is 2.68. The van der Waals surface area contributed by atoms with E-state index in [2.05, 4.69) is 5.32 Å². The predicted molar refractivity (Wildman–Crippen MR) is 60.2 cm³/mol. The van der Waals surface area contributed by atoms with Crippen molar-refractivity contribution in [3.8, 4) is 0 Å². The smallest absolute Gasteiger partial charge is 0.214 e. The highest BCUT2D eigenvalue weighted by molar-refractivity contribution is 7.89. The van der Waals surface area contributed by atoms with Crippen LogP contribution in [0.2, 0.25) is 0 Å². The third kappa shape index (κ3) is 2.92. The Morgan fingerprint density at radius 3 is 2.80 bits per heavy atom. The first-order valence-corrected chi connectivity index (χ1v) is 7.50. The van der Waals surface area contributed by atoms with E-state index in [-0.39, 0.29) is 0 Å². The van der Waals surface area contributed by atoms with E-state index in [1.807, 2.05) is 0 Å². The molecule has 0 amide bonds. The van der Waals surface area contributed by atoms with Crippen LogP contribution >= 0.6 is 0 Å². The van der Waals surface area contributed by atoms with Gasteiger partial charge in [-0.05, 0) is 38.6 Å². The normalized spacial score (nSPS) is 31.9. The molecule has 0 radical (unpaired) electrons. The summed E-state index contributed by atoms with van der Waals surface area (Å²) in [6.07, 6.45) is 5.27. The van der Waals surface area contributed by atoms with Crippen LogP contribution in [0.5, 0.6) is 0 Å². The maximum absolute atomic E-state index is 11.7. The molecule has 1 N–H and O–H groups in total. The maximum Gasteiger partial charge on any atom is 0.214 e. The third-order valence-corrected chi connectivity index (χ3v) is 5.30. The lowest BCUT2D eigenvalue weighted by Crippen LogP contribution is -2.40. The van der Waals surface area contributed by atoms with Crippen LogP contribution in [0.3, 0.4) is 0 Å². The van der Waals surface area contributed by atoms with Crippen molar-refractivity contribution >= 4 is 10.0 Å². The highest BCUT2D eigenvalue weighted by Crippen LogP contribution is 2.16. The van der Waals surface area contributed by atoms with Crippen LogP contribution in [0.25, 0.3) is 0 Å². The number of rotatable bonds is 3. The monoisotopic (exact) mass is 232 g/mol. The molecule has 5 heteroatoms. The summed E-state index contributed by atoms with van der Waals surface area (Å²) in [5.41, 5.74) is 0. The Kier molecular flexibility index (Phi) is 3.64. The van der Waals surface area contributed by atoms with Crippen molar-refractivity contribution in [2.75, 3.05) is 25.4 Å². The summed E-state index contributed by atoms with van der Waals surface area (Å²) in [6.45, 7) is 2.53. The van der Waals surface area contributed by atoms with Gasteiger partial charge in [0.05, 0.1) is 5.75 Å². The zero-order chi connectivity index (χ0) is 10.7. The Hall–Kier alpha value is -0.130. The summed E-state index contributed by atoms with van der Waals surface area (Å²) >= 11 is 0. The van der Waals surface area contributed by atoms with Crippen molar-refractivity contribution in [2.45, 2.75) is 38.1 Å². The number of nitrogens with one attached hydrogen (secondary N) is 1. The van der Waals surface area contributed by atoms with Crippen molar-refractivity contribution < 1.29 is 8.42 Å². The molecule has 15 heavy (non-hydrogen) atoms. The molecule has 2 aliphatic rings. The van der Waals surface area contributed by atoms with E-state index in [9.17, 15) is 8.42 Å². The topological polar surface area (TPSA) is 49.4 Å². The van der Waals surface area contributed by atoms with Crippen molar-refractivity contribution in [3.63, 3.8) is 0 Å². The fourth-order valence-corrected chi connectivity index (χ4v) is 4.01. The molecular formula is C10H20N2O2S. The second-order valence-corrected chi connectivity index (χ2v) is 6.59. The third-order valence-electron chi connectivity index (χ3n) is 3.34. The van der Waals surface area contributed by atoms with E-state index in [4.69, 9.17) is 0 Å². The molecule has 1 unspecified atom stereocenters. The summed E-state index contributed by atoms with van der Waals surface area (Å²) < 4.78 is 25.1. The van der Waals surface area contributed by atoms with Crippen molar-refractivity contribution in [2.24, 2.45) is 0 Å². The molecule has 2 heterocycles. The largest absolute Gasteiger partial charge is 0.314 e. The molecule has 2 rings (SSSR count). The number of nitrogens with zero attached hydrogens (tertiary/aromatic N) is 1. The molecule has 0 aromatic heterocycles. The lowest BCUT2D eigenvalue weighted by atomic mass is 10.1. The van der Waals surface area contributed by atoms with Crippen LogP contribution in [-0.2, 0) is 10.0 Å². The fraction of sp³-hybridized carbons (Fsp3) is 1.00. The Morgan fingerprint density at radius 1 is 1.27 bits per heavy atom. The zero-order valence-corrected chi connectivity index (χ0v) is 9.93. The van der Waals surface area contributed by atoms with Gasteiger partial charge in [0.2, 0.25) is 10.0 Å².